The highest BCUT2D eigenvalue weighted by molar-refractivity contribution is 9.10. The Bertz CT molecular complexity index is 397. The minimum Gasteiger partial charge on any atom is -0.490 e. The van der Waals surface area contributed by atoms with E-state index >= 15 is 0 Å². The van der Waals surface area contributed by atoms with Gasteiger partial charge in [-0.3, -0.25) is 0 Å². The van der Waals surface area contributed by atoms with Gasteiger partial charge in [-0.1, -0.05) is 11.6 Å². The second-order valence-corrected chi connectivity index (χ2v) is 5.56. The zero-order valence-corrected chi connectivity index (χ0v) is 12.9. The third kappa shape index (κ3) is 3.47. The van der Waals surface area contributed by atoms with Gasteiger partial charge >= 0.3 is 0 Å². The molecule has 1 fully saturated rings. The number of likely N-dealkylation sites (N-methyl/N-ethyl adjacent to an activating group) is 1. The van der Waals surface area contributed by atoms with Crippen LogP contribution in [0.2, 0.25) is 5.15 Å². The molecule has 3 nitrogen and oxygen atoms in total. The highest BCUT2D eigenvalue weighted by Crippen LogP contribution is 2.40. The number of hydrogen-bond donors (Lipinski definition) is 0. The fourth-order valence-electron chi connectivity index (χ4n) is 1.57. The summed E-state index contributed by atoms with van der Waals surface area (Å²) in [5.74, 6) is 0.754. The molecule has 0 N–H and O–H groups in total. The van der Waals surface area contributed by atoms with Gasteiger partial charge in [0.1, 0.15) is 17.5 Å². The van der Waals surface area contributed by atoms with Gasteiger partial charge in [-0.05, 0) is 48.9 Å². The van der Waals surface area contributed by atoms with Crippen molar-refractivity contribution in [1.82, 2.24) is 9.88 Å². The molecule has 96 valence electrons. The molecule has 17 heavy (non-hydrogen) atoms. The Balaban J connectivity index is 0.00000144. The van der Waals surface area contributed by atoms with Gasteiger partial charge in [0.05, 0.1) is 16.2 Å². The Morgan fingerprint density at radius 3 is 2.65 bits per heavy atom. The van der Waals surface area contributed by atoms with Gasteiger partial charge in [-0.25, -0.2) is 4.98 Å². The predicted octanol–water partition coefficient (Wildman–Crippen LogP) is 3.39. The first-order valence-corrected chi connectivity index (χ1v) is 6.32. The summed E-state index contributed by atoms with van der Waals surface area (Å²) in [6.07, 6.45) is 4.04. The molecule has 0 amide bonds. The zero-order valence-electron chi connectivity index (χ0n) is 9.74. The topological polar surface area (TPSA) is 25.4 Å². The van der Waals surface area contributed by atoms with E-state index in [1.54, 1.807) is 6.20 Å². The average Bonchev–Trinajstić information content (AvgIpc) is 3.01. The van der Waals surface area contributed by atoms with Crippen LogP contribution in [0, 0.1) is 0 Å². The van der Waals surface area contributed by atoms with Crippen LogP contribution in [0.15, 0.2) is 16.7 Å². The lowest BCUT2D eigenvalue weighted by Crippen LogP contribution is -2.35. The van der Waals surface area contributed by atoms with E-state index < -0.39 is 0 Å². The van der Waals surface area contributed by atoms with Crippen molar-refractivity contribution < 1.29 is 4.74 Å². The molecule has 0 saturated heterocycles. The Hall–Kier alpha value is -0.0300. The van der Waals surface area contributed by atoms with Crippen molar-refractivity contribution in [2.45, 2.75) is 18.4 Å². The smallest absolute Gasteiger partial charge is 0.143 e. The van der Waals surface area contributed by atoms with Crippen molar-refractivity contribution >= 4 is 39.9 Å². The van der Waals surface area contributed by atoms with Gasteiger partial charge in [0.25, 0.3) is 0 Å². The van der Waals surface area contributed by atoms with Crippen LogP contribution in [-0.2, 0) is 0 Å². The first-order chi connectivity index (χ1) is 7.53. The average molecular weight is 342 g/mol. The molecule has 0 bridgehead atoms. The molecular formula is C11H15BrCl2N2O. The van der Waals surface area contributed by atoms with E-state index in [2.05, 4.69) is 39.9 Å². The number of pyridine rings is 1. The summed E-state index contributed by atoms with van der Waals surface area (Å²) in [7, 11) is 4.18. The summed E-state index contributed by atoms with van der Waals surface area (Å²) in [4.78, 5) is 6.25. The summed E-state index contributed by atoms with van der Waals surface area (Å²) in [6, 6.07) is 1.85. The predicted molar refractivity (Wildman–Crippen MR) is 75.3 cm³/mol. The summed E-state index contributed by atoms with van der Waals surface area (Å²) in [5, 5.41) is 0.459. The van der Waals surface area contributed by atoms with E-state index in [0.717, 1.165) is 10.2 Å². The van der Waals surface area contributed by atoms with Crippen LogP contribution in [0.25, 0.3) is 0 Å². The van der Waals surface area contributed by atoms with Crippen LogP contribution in [0.3, 0.4) is 0 Å². The standard InChI is InChI=1S/C11H14BrClN2O.ClH/c1-15(2)11(3-4-11)7-16-8-5-9(12)10(13)14-6-8;/h5-6H,3-4,7H2,1-2H3;1H. The zero-order chi connectivity index (χ0) is 11.8. The monoisotopic (exact) mass is 340 g/mol. The fraction of sp³-hybridized carbons (Fsp3) is 0.545. The van der Waals surface area contributed by atoms with Gasteiger partial charge < -0.3 is 9.64 Å². The molecular weight excluding hydrogens is 327 g/mol. The summed E-state index contributed by atoms with van der Waals surface area (Å²) in [5.41, 5.74) is 0.228. The Kier molecular flexibility index (Phi) is 5.07. The lowest BCUT2D eigenvalue weighted by atomic mass is 10.3. The van der Waals surface area contributed by atoms with Crippen LogP contribution < -0.4 is 4.74 Å². The quantitative estimate of drug-likeness (QED) is 0.785. The van der Waals surface area contributed by atoms with Crippen LogP contribution in [0.4, 0.5) is 0 Å². The highest BCUT2D eigenvalue weighted by Gasteiger charge is 2.45. The number of aromatic nitrogens is 1. The molecule has 0 spiro atoms. The van der Waals surface area contributed by atoms with Gasteiger partial charge in [-0.2, -0.15) is 0 Å². The first kappa shape index (κ1) is 15.0. The molecule has 0 atom stereocenters. The van der Waals surface area contributed by atoms with Gasteiger partial charge in [0.2, 0.25) is 0 Å². The third-order valence-electron chi connectivity index (χ3n) is 3.05. The molecule has 0 radical (unpaired) electrons. The van der Waals surface area contributed by atoms with Crippen molar-refractivity contribution in [2.24, 2.45) is 0 Å². The fourth-order valence-corrected chi connectivity index (χ4v) is 2.00. The minimum atomic E-state index is 0. The third-order valence-corrected chi connectivity index (χ3v) is 4.19. The van der Waals surface area contributed by atoms with Crippen LogP contribution in [0.1, 0.15) is 12.8 Å². The van der Waals surface area contributed by atoms with E-state index in [9.17, 15) is 0 Å². The summed E-state index contributed by atoms with van der Waals surface area (Å²) in [6.45, 7) is 0.704. The minimum absolute atomic E-state index is 0. The molecule has 0 aliphatic heterocycles. The normalized spacial score (nSPS) is 16.5. The molecule has 0 unspecified atom stereocenters. The number of rotatable bonds is 4. The van der Waals surface area contributed by atoms with E-state index in [1.807, 2.05) is 6.07 Å². The van der Waals surface area contributed by atoms with Crippen molar-refractivity contribution in [3.05, 3.63) is 21.9 Å². The number of nitrogens with zero attached hydrogens (tertiary/aromatic N) is 2. The maximum absolute atomic E-state index is 5.81. The van der Waals surface area contributed by atoms with Crippen LogP contribution in [0.5, 0.6) is 5.75 Å². The van der Waals surface area contributed by atoms with Crippen molar-refractivity contribution in [1.29, 1.82) is 0 Å². The van der Waals surface area contributed by atoms with Crippen LogP contribution in [-0.4, -0.2) is 36.1 Å². The second-order valence-electron chi connectivity index (χ2n) is 4.35. The number of halogens is 3. The molecule has 1 saturated carbocycles. The van der Waals surface area contributed by atoms with Crippen molar-refractivity contribution in [3.63, 3.8) is 0 Å². The molecule has 1 heterocycles. The Morgan fingerprint density at radius 1 is 1.53 bits per heavy atom. The second kappa shape index (κ2) is 5.74. The summed E-state index contributed by atoms with van der Waals surface area (Å²) >= 11 is 9.14. The highest BCUT2D eigenvalue weighted by atomic mass is 79.9. The van der Waals surface area contributed by atoms with Gasteiger partial charge in [0.15, 0.2) is 0 Å². The molecule has 6 heteroatoms. The molecule has 2 rings (SSSR count). The lowest BCUT2D eigenvalue weighted by Gasteiger charge is -2.23. The SMILES string of the molecule is CN(C)C1(COc2cnc(Cl)c(Br)c2)CC1.Cl. The van der Waals surface area contributed by atoms with E-state index in [0.29, 0.717) is 11.8 Å². The van der Waals surface area contributed by atoms with Gasteiger partial charge in [-0.15, -0.1) is 12.4 Å². The van der Waals surface area contributed by atoms with E-state index in [1.165, 1.54) is 12.8 Å². The summed E-state index contributed by atoms with van der Waals surface area (Å²) < 4.78 is 6.50. The van der Waals surface area contributed by atoms with Crippen molar-refractivity contribution in [3.8, 4) is 5.75 Å². The maximum Gasteiger partial charge on any atom is 0.143 e. The molecule has 0 aromatic carbocycles. The number of ether oxygens (including phenoxy) is 1. The maximum atomic E-state index is 5.81. The largest absolute Gasteiger partial charge is 0.490 e. The number of hydrogen-bond acceptors (Lipinski definition) is 3. The molecule has 1 aromatic rings. The molecule has 1 aliphatic carbocycles. The van der Waals surface area contributed by atoms with E-state index in [-0.39, 0.29) is 17.9 Å². The lowest BCUT2D eigenvalue weighted by molar-refractivity contribution is 0.167. The Labute approximate surface area is 121 Å². The Morgan fingerprint density at radius 2 is 2.18 bits per heavy atom. The first-order valence-electron chi connectivity index (χ1n) is 5.15. The molecule has 1 aromatic heterocycles. The van der Waals surface area contributed by atoms with Crippen molar-refractivity contribution in [2.75, 3.05) is 20.7 Å². The van der Waals surface area contributed by atoms with E-state index in [4.69, 9.17) is 16.3 Å². The molecule has 1 aliphatic rings. The van der Waals surface area contributed by atoms with Gasteiger partial charge in [0, 0.05) is 0 Å². The van der Waals surface area contributed by atoms with Crippen LogP contribution >= 0.6 is 39.9 Å².